The zero-order chi connectivity index (χ0) is 16.1. The van der Waals surface area contributed by atoms with E-state index in [-0.39, 0.29) is 13.2 Å². The van der Waals surface area contributed by atoms with Crippen molar-refractivity contribution in [1.29, 1.82) is 0 Å². The second kappa shape index (κ2) is 7.03. The third-order valence-corrected chi connectivity index (χ3v) is 3.96. The Kier molecular flexibility index (Phi) is 4.65. The number of nitrogens with one attached hydrogen (secondary N) is 3. The Bertz CT molecular complexity index is 780. The van der Waals surface area contributed by atoms with E-state index in [1.165, 1.54) is 11.3 Å². The number of amides is 2. The van der Waals surface area contributed by atoms with Gasteiger partial charge in [-0.3, -0.25) is 20.4 Å². The van der Waals surface area contributed by atoms with Crippen molar-refractivity contribution in [2.24, 2.45) is 0 Å². The first-order chi connectivity index (χ1) is 11.2. The number of H-pyrrole nitrogens is 1. The number of carbonyl (C=O) groups excluding carboxylic acids is 2. The Morgan fingerprint density at radius 1 is 1.17 bits per heavy atom. The number of hydrazine groups is 1. The zero-order valence-electron chi connectivity index (χ0n) is 12.0. The molecule has 0 saturated carbocycles. The number of nitrogens with zero attached hydrogens (tertiary/aromatic N) is 1. The van der Waals surface area contributed by atoms with Crippen molar-refractivity contribution in [3.05, 3.63) is 53.3 Å². The first-order valence-corrected chi connectivity index (χ1v) is 7.69. The van der Waals surface area contributed by atoms with E-state index in [0.29, 0.717) is 5.69 Å². The lowest BCUT2D eigenvalue weighted by molar-refractivity contribution is -0.126. The van der Waals surface area contributed by atoms with E-state index in [2.05, 4.69) is 20.8 Å². The Hall–Kier alpha value is -2.71. The largest absolute Gasteiger partial charge is 0.364 e. The first kappa shape index (κ1) is 15.2. The van der Waals surface area contributed by atoms with Crippen molar-refractivity contribution in [1.82, 2.24) is 20.8 Å². The Labute approximate surface area is 135 Å². The Morgan fingerprint density at radius 3 is 2.83 bits per heavy atom. The van der Waals surface area contributed by atoms with Gasteiger partial charge in [0.25, 0.3) is 11.8 Å². The van der Waals surface area contributed by atoms with Gasteiger partial charge in [-0.2, -0.15) is 0 Å². The molecule has 1 aromatic carbocycles. The van der Waals surface area contributed by atoms with Gasteiger partial charge in [0.15, 0.2) is 0 Å². The van der Waals surface area contributed by atoms with Crippen LogP contribution in [0.3, 0.4) is 0 Å². The normalized spacial score (nSPS) is 10.6. The fraction of sp³-hybridized carbons (Fsp3) is 0.133. The van der Waals surface area contributed by atoms with Crippen LogP contribution < -0.4 is 10.9 Å². The molecule has 3 aromatic rings. The summed E-state index contributed by atoms with van der Waals surface area (Å²) < 4.78 is 6.39. The fourth-order valence-electron chi connectivity index (χ4n) is 1.91. The summed E-state index contributed by atoms with van der Waals surface area (Å²) in [6.07, 6.45) is 1.62. The van der Waals surface area contributed by atoms with Crippen LogP contribution in [0.25, 0.3) is 10.2 Å². The number of carbonyl (C=O) groups is 2. The van der Waals surface area contributed by atoms with E-state index >= 15 is 0 Å². The van der Waals surface area contributed by atoms with Gasteiger partial charge in [0.2, 0.25) is 0 Å². The Morgan fingerprint density at radius 2 is 2.04 bits per heavy atom. The summed E-state index contributed by atoms with van der Waals surface area (Å²) in [5, 5.41) is 0.800. The minimum absolute atomic E-state index is 0.166. The van der Waals surface area contributed by atoms with Crippen LogP contribution in [0.1, 0.15) is 15.5 Å². The highest BCUT2D eigenvalue weighted by Gasteiger charge is 2.08. The number of para-hydroxylation sites is 1. The molecule has 2 amide bonds. The van der Waals surface area contributed by atoms with Crippen molar-refractivity contribution in [2.75, 3.05) is 6.61 Å². The van der Waals surface area contributed by atoms with Gasteiger partial charge in [-0.05, 0) is 24.3 Å². The first-order valence-electron chi connectivity index (χ1n) is 6.87. The molecule has 0 unspecified atom stereocenters. The summed E-state index contributed by atoms with van der Waals surface area (Å²) in [6.45, 7) is 0.0816. The maximum atomic E-state index is 11.6. The van der Waals surface area contributed by atoms with Crippen LogP contribution in [-0.2, 0) is 16.1 Å². The highest BCUT2D eigenvalue weighted by Crippen LogP contribution is 2.21. The number of thiazole rings is 1. The molecule has 7 nitrogen and oxygen atoms in total. The number of aromatic amines is 1. The van der Waals surface area contributed by atoms with E-state index < -0.39 is 11.8 Å². The van der Waals surface area contributed by atoms with Crippen LogP contribution in [0.5, 0.6) is 0 Å². The SMILES string of the molecule is O=C(COCc1nc2ccccc2s1)NNC(=O)c1ccc[nH]1. The topological polar surface area (TPSA) is 96.1 Å². The van der Waals surface area contributed by atoms with Crippen LogP contribution in [0.4, 0.5) is 0 Å². The lowest BCUT2D eigenvalue weighted by Gasteiger charge is -2.06. The van der Waals surface area contributed by atoms with Gasteiger partial charge in [0.05, 0.1) is 16.8 Å². The molecular weight excluding hydrogens is 316 g/mol. The van der Waals surface area contributed by atoms with Gasteiger partial charge in [0.1, 0.15) is 17.3 Å². The van der Waals surface area contributed by atoms with Crippen LogP contribution >= 0.6 is 11.3 Å². The monoisotopic (exact) mass is 330 g/mol. The molecule has 0 aliphatic rings. The molecule has 2 aromatic heterocycles. The molecule has 0 radical (unpaired) electrons. The van der Waals surface area contributed by atoms with Gasteiger partial charge >= 0.3 is 0 Å². The van der Waals surface area contributed by atoms with Gasteiger partial charge in [-0.1, -0.05) is 12.1 Å². The molecule has 0 fully saturated rings. The second-order valence-electron chi connectivity index (χ2n) is 4.65. The molecule has 0 atom stereocenters. The summed E-state index contributed by atoms with van der Waals surface area (Å²) in [5.74, 6) is -0.861. The second-order valence-corrected chi connectivity index (χ2v) is 5.77. The number of aromatic nitrogens is 2. The van der Waals surface area contributed by atoms with Crippen molar-refractivity contribution in [2.45, 2.75) is 6.61 Å². The summed E-state index contributed by atoms with van der Waals surface area (Å²) in [5.41, 5.74) is 5.85. The molecule has 2 heterocycles. The summed E-state index contributed by atoms with van der Waals surface area (Å²) in [6, 6.07) is 11.1. The molecule has 8 heteroatoms. The number of hydrogen-bond acceptors (Lipinski definition) is 5. The fourth-order valence-corrected chi connectivity index (χ4v) is 2.82. The number of benzene rings is 1. The van der Waals surface area contributed by atoms with E-state index in [9.17, 15) is 9.59 Å². The molecule has 0 aliphatic carbocycles. The van der Waals surface area contributed by atoms with Crippen molar-refractivity contribution in [3.8, 4) is 0 Å². The molecule has 23 heavy (non-hydrogen) atoms. The maximum Gasteiger partial charge on any atom is 0.286 e. The summed E-state index contributed by atoms with van der Waals surface area (Å²) >= 11 is 1.52. The number of hydrogen-bond donors (Lipinski definition) is 3. The van der Waals surface area contributed by atoms with Gasteiger partial charge in [0, 0.05) is 6.20 Å². The van der Waals surface area contributed by atoms with Gasteiger partial charge in [-0.15, -0.1) is 11.3 Å². The third-order valence-electron chi connectivity index (χ3n) is 2.95. The van der Waals surface area contributed by atoms with Crippen LogP contribution in [0.15, 0.2) is 42.6 Å². The van der Waals surface area contributed by atoms with Crippen molar-refractivity contribution in [3.63, 3.8) is 0 Å². The molecule has 3 rings (SSSR count). The number of fused-ring (bicyclic) bond motifs is 1. The van der Waals surface area contributed by atoms with Crippen LogP contribution in [0.2, 0.25) is 0 Å². The lowest BCUT2D eigenvalue weighted by atomic mass is 10.3. The molecule has 0 bridgehead atoms. The van der Waals surface area contributed by atoms with E-state index in [1.807, 2.05) is 24.3 Å². The third kappa shape index (κ3) is 3.93. The minimum atomic E-state index is -0.439. The molecule has 0 aliphatic heterocycles. The lowest BCUT2D eigenvalue weighted by Crippen LogP contribution is -2.43. The van der Waals surface area contributed by atoms with Gasteiger partial charge < -0.3 is 9.72 Å². The highest BCUT2D eigenvalue weighted by atomic mass is 32.1. The number of rotatable bonds is 5. The predicted molar refractivity (Wildman–Crippen MR) is 85.7 cm³/mol. The summed E-state index contributed by atoms with van der Waals surface area (Å²) in [4.78, 5) is 30.3. The number of ether oxygens (including phenoxy) is 1. The Balaban J connectivity index is 1.41. The van der Waals surface area contributed by atoms with E-state index in [0.717, 1.165) is 15.2 Å². The standard InChI is InChI=1S/C15H14N4O3S/c20-13(18-19-15(21)11-5-3-7-16-11)8-22-9-14-17-10-4-1-2-6-12(10)23-14/h1-7,16H,8-9H2,(H,18,20)(H,19,21). The maximum absolute atomic E-state index is 11.6. The molecule has 0 saturated heterocycles. The predicted octanol–water partition coefficient (Wildman–Crippen LogP) is 1.60. The van der Waals surface area contributed by atoms with Gasteiger partial charge in [-0.25, -0.2) is 4.98 Å². The van der Waals surface area contributed by atoms with Crippen LogP contribution in [0, 0.1) is 0 Å². The van der Waals surface area contributed by atoms with Crippen molar-refractivity contribution < 1.29 is 14.3 Å². The smallest absolute Gasteiger partial charge is 0.286 e. The average molecular weight is 330 g/mol. The molecule has 3 N–H and O–H groups in total. The average Bonchev–Trinajstić information content (AvgIpc) is 3.21. The molecular formula is C15H14N4O3S. The van der Waals surface area contributed by atoms with Crippen molar-refractivity contribution >= 4 is 33.4 Å². The van der Waals surface area contributed by atoms with E-state index in [1.54, 1.807) is 18.3 Å². The minimum Gasteiger partial charge on any atom is -0.364 e. The highest BCUT2D eigenvalue weighted by molar-refractivity contribution is 7.18. The zero-order valence-corrected chi connectivity index (χ0v) is 12.9. The van der Waals surface area contributed by atoms with E-state index in [4.69, 9.17) is 4.74 Å². The molecule has 0 spiro atoms. The van der Waals surface area contributed by atoms with Crippen LogP contribution in [-0.4, -0.2) is 28.4 Å². The molecule has 118 valence electrons. The summed E-state index contributed by atoms with van der Waals surface area (Å²) in [7, 11) is 0. The quantitative estimate of drug-likeness (QED) is 0.619.